The average molecular weight is 288 g/mol. The second-order valence-corrected chi connectivity index (χ2v) is 4.32. The molecule has 2 aromatic rings. The zero-order chi connectivity index (χ0) is 15.2. The lowest BCUT2D eigenvalue weighted by molar-refractivity contribution is 0.0523. The second kappa shape index (κ2) is 6.69. The van der Waals surface area contributed by atoms with Crippen LogP contribution in [0.5, 0.6) is 5.75 Å². The molecule has 0 unspecified atom stereocenters. The number of aromatic amines is 1. The lowest BCUT2D eigenvalue weighted by atomic mass is 10.1. The molecule has 1 aromatic heterocycles. The van der Waals surface area contributed by atoms with Gasteiger partial charge >= 0.3 is 5.97 Å². The van der Waals surface area contributed by atoms with Crippen LogP contribution in [0.15, 0.2) is 35.3 Å². The third kappa shape index (κ3) is 3.68. The Labute approximate surface area is 121 Å². The molecule has 0 bridgehead atoms. The number of ether oxygens (including phenoxy) is 2. The van der Waals surface area contributed by atoms with Gasteiger partial charge in [0.05, 0.1) is 13.7 Å². The predicted octanol–water partition coefficient (Wildman–Crippen LogP) is 1.55. The number of nitrogens with one attached hydrogen (secondary N) is 1. The van der Waals surface area contributed by atoms with E-state index in [1.54, 1.807) is 14.0 Å². The van der Waals surface area contributed by atoms with E-state index in [2.05, 4.69) is 9.97 Å². The van der Waals surface area contributed by atoms with Crippen molar-refractivity contribution in [2.75, 3.05) is 13.7 Å². The summed E-state index contributed by atoms with van der Waals surface area (Å²) in [6.07, 6.45) is 1.71. The lowest BCUT2D eigenvalue weighted by Crippen LogP contribution is -2.22. The zero-order valence-corrected chi connectivity index (χ0v) is 11.9. The van der Waals surface area contributed by atoms with Crippen LogP contribution >= 0.6 is 0 Å². The highest BCUT2D eigenvalue weighted by Gasteiger charge is 2.12. The number of rotatable bonds is 5. The molecule has 2 rings (SSSR count). The van der Waals surface area contributed by atoms with Crippen LogP contribution in [0.4, 0.5) is 0 Å². The number of hydrogen-bond donors (Lipinski definition) is 1. The smallest absolute Gasteiger partial charge is 0.345 e. The summed E-state index contributed by atoms with van der Waals surface area (Å²) in [6, 6.07) is 7.44. The van der Waals surface area contributed by atoms with Gasteiger partial charge in [-0.25, -0.2) is 9.78 Å². The average Bonchev–Trinajstić information content (AvgIpc) is 2.48. The minimum atomic E-state index is -0.665. The van der Waals surface area contributed by atoms with E-state index < -0.39 is 11.5 Å². The van der Waals surface area contributed by atoms with Gasteiger partial charge in [0.1, 0.15) is 17.1 Å². The molecule has 0 aliphatic heterocycles. The Balaban J connectivity index is 2.16. The first-order chi connectivity index (χ1) is 10.1. The maximum atomic E-state index is 11.8. The van der Waals surface area contributed by atoms with Crippen LogP contribution in [0.3, 0.4) is 0 Å². The first-order valence-electron chi connectivity index (χ1n) is 6.52. The van der Waals surface area contributed by atoms with Gasteiger partial charge in [-0.15, -0.1) is 0 Å². The first-order valence-corrected chi connectivity index (χ1v) is 6.52. The van der Waals surface area contributed by atoms with Gasteiger partial charge in [-0.1, -0.05) is 12.1 Å². The van der Waals surface area contributed by atoms with Crippen molar-refractivity contribution in [3.8, 4) is 5.75 Å². The Morgan fingerprint density at radius 2 is 2.00 bits per heavy atom. The first kappa shape index (κ1) is 14.8. The second-order valence-electron chi connectivity index (χ2n) is 4.32. The molecular weight excluding hydrogens is 272 g/mol. The minimum Gasteiger partial charge on any atom is -0.497 e. The van der Waals surface area contributed by atoms with Gasteiger partial charge in [0.15, 0.2) is 0 Å². The number of hydrogen-bond acceptors (Lipinski definition) is 5. The highest BCUT2D eigenvalue weighted by atomic mass is 16.5. The number of methoxy groups -OCH3 is 1. The summed E-state index contributed by atoms with van der Waals surface area (Å²) in [5, 5.41) is 0. The van der Waals surface area contributed by atoms with E-state index in [-0.39, 0.29) is 12.2 Å². The Bertz CT molecular complexity index is 677. The van der Waals surface area contributed by atoms with Crippen molar-refractivity contribution >= 4 is 5.97 Å². The number of nitrogens with zero attached hydrogens (tertiary/aromatic N) is 1. The van der Waals surface area contributed by atoms with Crippen LogP contribution in [-0.2, 0) is 11.2 Å². The Hall–Kier alpha value is -2.63. The van der Waals surface area contributed by atoms with Gasteiger partial charge in [-0.2, -0.15) is 0 Å². The van der Waals surface area contributed by atoms with E-state index in [1.807, 2.05) is 24.3 Å². The fraction of sp³-hybridized carbons (Fsp3) is 0.267. The summed E-state index contributed by atoms with van der Waals surface area (Å²) in [5.41, 5.74) is 0.394. The van der Waals surface area contributed by atoms with E-state index in [4.69, 9.17) is 9.47 Å². The normalized spacial score (nSPS) is 10.2. The van der Waals surface area contributed by atoms with Crippen molar-refractivity contribution < 1.29 is 14.3 Å². The molecule has 0 spiro atoms. The van der Waals surface area contributed by atoms with Crippen molar-refractivity contribution in [1.82, 2.24) is 9.97 Å². The Kier molecular flexibility index (Phi) is 4.71. The van der Waals surface area contributed by atoms with E-state index >= 15 is 0 Å². The third-order valence-electron chi connectivity index (χ3n) is 2.88. The summed E-state index contributed by atoms with van der Waals surface area (Å²) in [4.78, 5) is 30.0. The van der Waals surface area contributed by atoms with Gasteiger partial charge in [-0.3, -0.25) is 4.79 Å². The van der Waals surface area contributed by atoms with Crippen molar-refractivity contribution in [1.29, 1.82) is 0 Å². The number of carbonyl (C=O) groups excluding carboxylic acids is 1. The highest BCUT2D eigenvalue weighted by molar-refractivity contribution is 5.88. The fourth-order valence-electron chi connectivity index (χ4n) is 1.81. The molecule has 6 heteroatoms. The van der Waals surface area contributed by atoms with Crippen molar-refractivity contribution in [2.45, 2.75) is 13.3 Å². The highest BCUT2D eigenvalue weighted by Crippen LogP contribution is 2.13. The molecular formula is C15H16N2O4. The molecule has 1 heterocycles. The molecule has 0 saturated carbocycles. The van der Waals surface area contributed by atoms with E-state index in [0.717, 1.165) is 11.3 Å². The molecule has 110 valence electrons. The van der Waals surface area contributed by atoms with Crippen LogP contribution in [0.2, 0.25) is 0 Å². The summed E-state index contributed by atoms with van der Waals surface area (Å²) in [5.74, 6) is 0.582. The van der Waals surface area contributed by atoms with E-state index in [0.29, 0.717) is 12.2 Å². The van der Waals surface area contributed by atoms with E-state index in [9.17, 15) is 9.59 Å². The van der Waals surface area contributed by atoms with Crippen molar-refractivity contribution in [3.63, 3.8) is 0 Å². The molecule has 1 N–H and O–H groups in total. The summed E-state index contributed by atoms with van der Waals surface area (Å²) in [6.45, 7) is 1.89. The summed E-state index contributed by atoms with van der Waals surface area (Å²) < 4.78 is 9.86. The maximum absolute atomic E-state index is 11.8. The summed E-state index contributed by atoms with van der Waals surface area (Å²) in [7, 11) is 1.60. The number of carbonyl (C=O) groups is 1. The van der Waals surface area contributed by atoms with Crippen molar-refractivity contribution in [3.05, 3.63) is 57.8 Å². The minimum absolute atomic E-state index is 0.0877. The van der Waals surface area contributed by atoms with Crippen LogP contribution in [0.25, 0.3) is 0 Å². The molecule has 0 aliphatic rings. The Morgan fingerprint density at radius 3 is 2.57 bits per heavy atom. The quantitative estimate of drug-likeness (QED) is 0.844. The zero-order valence-electron chi connectivity index (χ0n) is 11.9. The standard InChI is InChI=1S/C15H16N2O4/c1-3-21-15(19)12-9-16-13(17-14(12)18)8-10-4-6-11(20-2)7-5-10/h4-7,9H,3,8H2,1-2H3,(H,16,17,18). The maximum Gasteiger partial charge on any atom is 0.345 e. The third-order valence-corrected chi connectivity index (χ3v) is 2.88. The predicted molar refractivity (Wildman–Crippen MR) is 76.6 cm³/mol. The molecule has 0 fully saturated rings. The van der Waals surface area contributed by atoms with Gasteiger partial charge in [0, 0.05) is 12.6 Å². The molecule has 6 nitrogen and oxygen atoms in total. The molecule has 1 aromatic carbocycles. The largest absolute Gasteiger partial charge is 0.497 e. The number of benzene rings is 1. The molecule has 0 amide bonds. The van der Waals surface area contributed by atoms with E-state index in [1.165, 1.54) is 6.20 Å². The lowest BCUT2D eigenvalue weighted by Gasteiger charge is -2.04. The number of aromatic nitrogens is 2. The molecule has 0 radical (unpaired) electrons. The monoisotopic (exact) mass is 288 g/mol. The number of esters is 1. The van der Waals surface area contributed by atoms with Gasteiger partial charge in [0.2, 0.25) is 0 Å². The molecule has 0 saturated heterocycles. The number of H-pyrrole nitrogens is 1. The molecule has 21 heavy (non-hydrogen) atoms. The Morgan fingerprint density at radius 1 is 1.29 bits per heavy atom. The fourth-order valence-corrected chi connectivity index (χ4v) is 1.81. The van der Waals surface area contributed by atoms with Gasteiger partial charge < -0.3 is 14.5 Å². The van der Waals surface area contributed by atoms with Crippen molar-refractivity contribution in [2.24, 2.45) is 0 Å². The summed E-state index contributed by atoms with van der Waals surface area (Å²) >= 11 is 0. The van der Waals surface area contributed by atoms with Crippen LogP contribution in [0, 0.1) is 0 Å². The van der Waals surface area contributed by atoms with Crippen LogP contribution < -0.4 is 10.3 Å². The van der Waals surface area contributed by atoms with Gasteiger partial charge in [-0.05, 0) is 24.6 Å². The molecule has 0 aliphatic carbocycles. The van der Waals surface area contributed by atoms with Crippen LogP contribution in [-0.4, -0.2) is 29.7 Å². The topological polar surface area (TPSA) is 81.3 Å². The SMILES string of the molecule is CCOC(=O)c1cnc(Cc2ccc(OC)cc2)[nH]c1=O. The molecule has 0 atom stereocenters. The van der Waals surface area contributed by atoms with Gasteiger partial charge in [0.25, 0.3) is 5.56 Å². The van der Waals surface area contributed by atoms with Crippen LogP contribution in [0.1, 0.15) is 28.7 Å².